The summed E-state index contributed by atoms with van der Waals surface area (Å²) in [5.74, 6) is -1.72. The van der Waals surface area contributed by atoms with E-state index in [-0.39, 0.29) is 40.6 Å². The van der Waals surface area contributed by atoms with Crippen LogP contribution < -0.4 is 0 Å². The molecule has 1 N–H and O–H groups in total. The lowest BCUT2D eigenvalue weighted by Gasteiger charge is -2.50. The fourth-order valence-electron chi connectivity index (χ4n) is 4.50. The molecule has 4 atom stereocenters. The predicted octanol–water partition coefficient (Wildman–Crippen LogP) is 4.08. The number of hydrogen-bond acceptors (Lipinski definition) is 5. The summed E-state index contributed by atoms with van der Waals surface area (Å²) in [5.41, 5.74) is 1.38. The van der Waals surface area contributed by atoms with Gasteiger partial charge in [-0.1, -0.05) is 27.7 Å². The number of carbonyl (C=O) groups is 2. The molecule has 0 bridgehead atoms. The van der Waals surface area contributed by atoms with Crippen LogP contribution in [0.15, 0.2) is 23.6 Å². The lowest BCUT2D eigenvalue weighted by Crippen LogP contribution is -2.65. The largest absolute Gasteiger partial charge is 0.477 e. The molecule has 1 saturated heterocycles. The molecule has 162 valence electrons. The molecule has 0 saturated carbocycles. The first-order valence-corrected chi connectivity index (χ1v) is 14.0. The number of nitrogens with zero attached hydrogens (tertiary/aromatic N) is 3. The van der Waals surface area contributed by atoms with Gasteiger partial charge in [-0.3, -0.25) is 9.20 Å². The van der Waals surface area contributed by atoms with Crippen molar-refractivity contribution < 1.29 is 19.1 Å². The molecule has 0 aliphatic carbocycles. The number of carboxylic acid groups (broad SMARTS) is 1. The van der Waals surface area contributed by atoms with Gasteiger partial charge in [-0.05, 0) is 25.1 Å². The number of hydrogen-bond donors (Lipinski definition) is 1. The van der Waals surface area contributed by atoms with Gasteiger partial charge in [0, 0.05) is 23.1 Å². The van der Waals surface area contributed by atoms with Crippen LogP contribution in [0.2, 0.25) is 18.1 Å². The fourth-order valence-corrected chi connectivity index (χ4v) is 6.75. The van der Waals surface area contributed by atoms with Crippen LogP contribution >= 0.6 is 11.3 Å². The molecule has 1 amide bonds. The molecule has 9 heteroatoms. The predicted molar refractivity (Wildman–Crippen MR) is 119 cm³/mol. The van der Waals surface area contributed by atoms with E-state index in [4.69, 9.17) is 4.43 Å². The summed E-state index contributed by atoms with van der Waals surface area (Å²) < 4.78 is 8.41. The third-order valence-corrected chi connectivity index (χ3v) is 12.5. The van der Waals surface area contributed by atoms with E-state index in [2.05, 4.69) is 38.8 Å². The molecule has 2 aromatic heterocycles. The number of fused-ring (bicyclic) bond motifs is 2. The van der Waals surface area contributed by atoms with Crippen molar-refractivity contribution in [1.29, 1.82) is 0 Å². The van der Waals surface area contributed by atoms with E-state index in [1.54, 1.807) is 6.33 Å². The van der Waals surface area contributed by atoms with Crippen molar-refractivity contribution in [2.75, 3.05) is 0 Å². The molecule has 2 aromatic rings. The lowest BCUT2D eigenvalue weighted by molar-refractivity contribution is -0.162. The normalized spacial score (nSPS) is 25.6. The number of carbonyl (C=O) groups excluding carboxylic acids is 1. The van der Waals surface area contributed by atoms with Crippen LogP contribution in [-0.4, -0.2) is 51.7 Å². The minimum absolute atomic E-state index is 0.0336. The second-order valence-electron chi connectivity index (χ2n) is 9.87. The summed E-state index contributed by atoms with van der Waals surface area (Å²) in [6.45, 7) is 14.8. The van der Waals surface area contributed by atoms with E-state index < -0.39 is 14.3 Å². The van der Waals surface area contributed by atoms with E-state index in [9.17, 15) is 14.7 Å². The molecule has 2 aliphatic rings. The zero-order valence-corrected chi connectivity index (χ0v) is 20.3. The second-order valence-corrected chi connectivity index (χ2v) is 15.5. The van der Waals surface area contributed by atoms with E-state index in [1.807, 2.05) is 29.8 Å². The van der Waals surface area contributed by atoms with E-state index >= 15 is 0 Å². The van der Waals surface area contributed by atoms with Gasteiger partial charge in [-0.2, -0.15) is 0 Å². The topological polar surface area (TPSA) is 84.1 Å². The van der Waals surface area contributed by atoms with Gasteiger partial charge in [0.1, 0.15) is 22.5 Å². The highest BCUT2D eigenvalue weighted by Crippen LogP contribution is 2.52. The summed E-state index contributed by atoms with van der Waals surface area (Å²) in [7, 11) is -2.06. The van der Waals surface area contributed by atoms with Crippen molar-refractivity contribution in [3.63, 3.8) is 0 Å². The molecule has 0 radical (unpaired) electrons. The molecule has 0 unspecified atom stereocenters. The van der Waals surface area contributed by atoms with Crippen molar-refractivity contribution in [3.8, 4) is 0 Å². The molecule has 0 spiro atoms. The van der Waals surface area contributed by atoms with Crippen LogP contribution in [-0.2, 0) is 14.0 Å². The van der Waals surface area contributed by atoms with Crippen LogP contribution in [0.4, 0.5) is 0 Å². The molecule has 7 nitrogen and oxygen atoms in total. The van der Waals surface area contributed by atoms with Gasteiger partial charge in [0.15, 0.2) is 8.32 Å². The van der Waals surface area contributed by atoms with Crippen molar-refractivity contribution in [2.24, 2.45) is 11.8 Å². The maximum Gasteiger partial charge on any atom is 0.353 e. The first-order chi connectivity index (χ1) is 13.9. The molecule has 4 heterocycles. The van der Waals surface area contributed by atoms with Gasteiger partial charge in [0.2, 0.25) is 5.91 Å². The van der Waals surface area contributed by atoms with Crippen LogP contribution in [0.3, 0.4) is 0 Å². The monoisotopic (exact) mass is 447 g/mol. The Balaban J connectivity index is 1.69. The minimum atomic E-state index is -2.06. The third kappa shape index (κ3) is 2.90. The molecule has 30 heavy (non-hydrogen) atoms. The minimum Gasteiger partial charge on any atom is -0.477 e. The van der Waals surface area contributed by atoms with Crippen LogP contribution in [0.25, 0.3) is 10.4 Å². The van der Waals surface area contributed by atoms with Gasteiger partial charge in [-0.15, -0.1) is 11.3 Å². The summed E-state index contributed by atoms with van der Waals surface area (Å²) in [6, 6.07) is -0.213. The Labute approximate surface area is 181 Å². The summed E-state index contributed by atoms with van der Waals surface area (Å²) >= 11 is 1.52. The molecular weight excluding hydrogens is 418 g/mol. The highest BCUT2D eigenvalue weighted by Gasteiger charge is 2.61. The average Bonchev–Trinajstić information content (AvgIpc) is 3.26. The van der Waals surface area contributed by atoms with Crippen LogP contribution in [0, 0.1) is 11.8 Å². The highest BCUT2D eigenvalue weighted by molar-refractivity contribution is 7.15. The van der Waals surface area contributed by atoms with Crippen LogP contribution in [0.5, 0.6) is 0 Å². The SMILES string of the molecule is C[C@@H](O[Si](C)(C)C(C)(C)C)[C@H]1C(=O)N2C(C(=O)O)=C(c3ncn4ccsc34)[C@H](C)[C@H]12. The number of imidazole rings is 1. The van der Waals surface area contributed by atoms with Crippen LogP contribution in [0.1, 0.15) is 40.3 Å². The Bertz CT molecular complexity index is 1060. The first-order valence-electron chi connectivity index (χ1n) is 10.3. The van der Waals surface area contributed by atoms with Crippen molar-refractivity contribution >= 4 is 41.9 Å². The number of rotatable bonds is 5. The summed E-state index contributed by atoms with van der Waals surface area (Å²) in [6.07, 6.45) is 3.33. The number of aromatic nitrogens is 2. The Morgan fingerprint density at radius 3 is 2.63 bits per heavy atom. The van der Waals surface area contributed by atoms with E-state index in [0.717, 1.165) is 4.83 Å². The van der Waals surface area contributed by atoms with E-state index in [1.165, 1.54) is 16.2 Å². The number of aliphatic carboxylic acids is 1. The van der Waals surface area contributed by atoms with E-state index in [0.29, 0.717) is 11.3 Å². The quantitative estimate of drug-likeness (QED) is 0.551. The smallest absolute Gasteiger partial charge is 0.353 e. The zero-order valence-electron chi connectivity index (χ0n) is 18.5. The number of amides is 1. The zero-order chi connectivity index (χ0) is 22.2. The van der Waals surface area contributed by atoms with Crippen molar-refractivity contribution in [2.45, 2.75) is 64.9 Å². The Morgan fingerprint density at radius 2 is 2.03 bits per heavy atom. The maximum absolute atomic E-state index is 13.2. The number of carboxylic acids is 1. The Kier molecular flexibility index (Phi) is 4.79. The molecule has 1 fully saturated rings. The fraction of sp³-hybridized carbons (Fsp3) is 0.571. The van der Waals surface area contributed by atoms with Crippen molar-refractivity contribution in [3.05, 3.63) is 29.3 Å². The molecule has 4 rings (SSSR count). The van der Waals surface area contributed by atoms with Gasteiger partial charge in [0.05, 0.1) is 18.1 Å². The standard InChI is InChI=1S/C21H29N3O4SSi/c1-11-13(15-19-23(10-22-15)8-9-29-19)17(20(26)27)24-16(11)14(18(24)25)12(2)28-30(6,7)21(3,4)5/h8-12,14,16H,1-7H3,(H,26,27)/t11-,12+,14+,16+/m0/s1. The third-order valence-electron chi connectivity index (χ3n) is 7.05. The van der Waals surface area contributed by atoms with Gasteiger partial charge >= 0.3 is 5.97 Å². The summed E-state index contributed by atoms with van der Waals surface area (Å²) in [4.78, 5) is 32.2. The lowest BCUT2D eigenvalue weighted by atomic mass is 9.77. The first kappa shape index (κ1) is 21.3. The average molecular weight is 448 g/mol. The number of thiazole rings is 1. The number of β-lactam (4-membered cyclic amide) rings is 1. The highest BCUT2D eigenvalue weighted by atomic mass is 32.1. The Morgan fingerprint density at radius 1 is 1.37 bits per heavy atom. The second kappa shape index (κ2) is 6.76. The molecular formula is C21H29N3O4SSi. The molecule has 0 aromatic carbocycles. The van der Waals surface area contributed by atoms with Gasteiger partial charge in [0.25, 0.3) is 0 Å². The van der Waals surface area contributed by atoms with Gasteiger partial charge < -0.3 is 14.4 Å². The summed E-state index contributed by atoms with van der Waals surface area (Å²) in [5, 5.41) is 12.0. The Hall–Kier alpha value is -1.97. The van der Waals surface area contributed by atoms with Gasteiger partial charge in [-0.25, -0.2) is 9.78 Å². The van der Waals surface area contributed by atoms with Crippen molar-refractivity contribution in [1.82, 2.24) is 14.3 Å². The maximum atomic E-state index is 13.2. The molecule has 2 aliphatic heterocycles.